The first kappa shape index (κ1) is 29.6. The number of alkyl halides is 3. The van der Waals surface area contributed by atoms with Crippen molar-refractivity contribution < 1.29 is 32.2 Å². The highest BCUT2D eigenvalue weighted by Gasteiger charge is 2.36. The average Bonchev–Trinajstić information content (AvgIpc) is 3.19. The summed E-state index contributed by atoms with van der Waals surface area (Å²) in [6.45, 7) is 3.59. The molecule has 0 atom stereocenters. The van der Waals surface area contributed by atoms with Crippen molar-refractivity contribution in [2.45, 2.75) is 20.0 Å². The Labute approximate surface area is 246 Å². The number of halogens is 4. The van der Waals surface area contributed by atoms with E-state index in [9.17, 15) is 22.8 Å². The number of thiocarbonyl (C=S) groups is 1. The number of carbonyl (C=O) groups is 2. The lowest BCUT2D eigenvalue weighted by Gasteiger charge is -2.16. The highest BCUT2D eigenvalue weighted by atomic mass is 79.9. The standard InChI is InChI=1S/C28H22BrF3N2O4S2/c1-15-16(2)21(9-8-20(15)29)33-25(35)14-38-22-10-7-17(11-23(22)37-3)12-24-26(36)34(27(39)40-24)19-6-4-5-18(13-19)28(30,31)32/h4-13H,14H2,1-3H3,(H,33,35)/b24-12-. The van der Waals surface area contributed by atoms with Gasteiger partial charge in [-0.05, 0) is 79.1 Å². The van der Waals surface area contributed by atoms with Crippen LogP contribution in [-0.2, 0) is 15.8 Å². The van der Waals surface area contributed by atoms with Gasteiger partial charge in [0.1, 0.15) is 0 Å². The molecule has 0 aromatic heterocycles. The molecular formula is C28H22BrF3N2O4S2. The van der Waals surface area contributed by atoms with Gasteiger partial charge in [0.25, 0.3) is 11.8 Å². The van der Waals surface area contributed by atoms with Crippen LogP contribution >= 0.6 is 39.9 Å². The molecule has 0 saturated carbocycles. The lowest BCUT2D eigenvalue weighted by molar-refractivity contribution is -0.137. The summed E-state index contributed by atoms with van der Waals surface area (Å²) in [4.78, 5) is 26.9. The Morgan fingerprint density at radius 2 is 1.85 bits per heavy atom. The molecule has 0 radical (unpaired) electrons. The number of ether oxygens (including phenoxy) is 2. The molecule has 0 unspecified atom stereocenters. The number of hydrogen-bond acceptors (Lipinski definition) is 6. The van der Waals surface area contributed by atoms with Crippen LogP contribution in [-0.4, -0.2) is 29.9 Å². The van der Waals surface area contributed by atoms with Crippen LogP contribution in [0.15, 0.2) is 64.0 Å². The van der Waals surface area contributed by atoms with Gasteiger partial charge in [0, 0.05) is 10.2 Å². The molecule has 0 bridgehead atoms. The van der Waals surface area contributed by atoms with Crippen molar-refractivity contribution >= 4 is 73.5 Å². The van der Waals surface area contributed by atoms with Crippen molar-refractivity contribution in [1.82, 2.24) is 0 Å². The first-order chi connectivity index (χ1) is 18.9. The van der Waals surface area contributed by atoms with E-state index in [2.05, 4.69) is 21.2 Å². The van der Waals surface area contributed by atoms with Crippen LogP contribution in [0.2, 0.25) is 0 Å². The predicted octanol–water partition coefficient (Wildman–Crippen LogP) is 7.52. The van der Waals surface area contributed by atoms with Gasteiger partial charge in [0.05, 0.1) is 23.3 Å². The van der Waals surface area contributed by atoms with E-state index in [-0.39, 0.29) is 27.4 Å². The Kier molecular flexibility index (Phi) is 8.91. The Morgan fingerprint density at radius 1 is 1.10 bits per heavy atom. The van der Waals surface area contributed by atoms with E-state index in [0.29, 0.717) is 22.7 Å². The van der Waals surface area contributed by atoms with Gasteiger partial charge in [-0.3, -0.25) is 14.5 Å². The average molecular weight is 652 g/mol. The van der Waals surface area contributed by atoms with E-state index in [1.165, 1.54) is 19.2 Å². The van der Waals surface area contributed by atoms with E-state index in [1.54, 1.807) is 30.3 Å². The minimum Gasteiger partial charge on any atom is -0.493 e. The van der Waals surface area contributed by atoms with Gasteiger partial charge in [0.15, 0.2) is 22.4 Å². The first-order valence-corrected chi connectivity index (χ1v) is 13.7. The number of hydrogen-bond donors (Lipinski definition) is 1. The maximum Gasteiger partial charge on any atom is 0.416 e. The highest BCUT2D eigenvalue weighted by molar-refractivity contribution is 9.10. The smallest absolute Gasteiger partial charge is 0.416 e. The number of nitrogens with one attached hydrogen (secondary N) is 1. The summed E-state index contributed by atoms with van der Waals surface area (Å²) < 4.78 is 51.6. The molecule has 40 heavy (non-hydrogen) atoms. The molecular weight excluding hydrogens is 629 g/mol. The lowest BCUT2D eigenvalue weighted by atomic mass is 10.1. The largest absolute Gasteiger partial charge is 0.493 e. The number of rotatable bonds is 7. The molecule has 3 aromatic rings. The van der Waals surface area contributed by atoms with Crippen molar-refractivity contribution in [3.05, 3.63) is 86.2 Å². The number of nitrogens with zero attached hydrogens (tertiary/aromatic N) is 1. The molecule has 2 amide bonds. The zero-order valence-corrected chi connectivity index (χ0v) is 24.6. The molecule has 0 spiro atoms. The van der Waals surface area contributed by atoms with Gasteiger partial charge in [0.2, 0.25) is 0 Å². The number of anilines is 2. The molecule has 3 aromatic carbocycles. The Hall–Kier alpha value is -3.35. The predicted molar refractivity (Wildman–Crippen MR) is 158 cm³/mol. The number of thioether (sulfide) groups is 1. The van der Waals surface area contributed by atoms with Crippen LogP contribution < -0.4 is 19.7 Å². The normalized spacial score (nSPS) is 14.6. The molecule has 4 rings (SSSR count). The number of amides is 2. The van der Waals surface area contributed by atoms with Gasteiger partial charge in [-0.2, -0.15) is 13.2 Å². The van der Waals surface area contributed by atoms with E-state index in [1.807, 2.05) is 19.9 Å². The van der Waals surface area contributed by atoms with Gasteiger partial charge in [-0.1, -0.05) is 52.0 Å². The van der Waals surface area contributed by atoms with Crippen LogP contribution in [0.25, 0.3) is 6.08 Å². The number of methoxy groups -OCH3 is 1. The molecule has 1 fully saturated rings. The summed E-state index contributed by atoms with van der Waals surface area (Å²) in [5.74, 6) is -0.251. The maximum atomic E-state index is 13.2. The zero-order chi connectivity index (χ0) is 29.2. The fourth-order valence-electron chi connectivity index (χ4n) is 3.81. The van der Waals surface area contributed by atoms with Crippen LogP contribution in [0.3, 0.4) is 0 Å². The minimum absolute atomic E-state index is 0.0359. The fraction of sp³-hybridized carbons (Fsp3) is 0.179. The van der Waals surface area contributed by atoms with E-state index < -0.39 is 17.6 Å². The zero-order valence-electron chi connectivity index (χ0n) is 21.4. The molecule has 1 aliphatic heterocycles. The lowest BCUT2D eigenvalue weighted by Crippen LogP contribution is -2.27. The Morgan fingerprint density at radius 3 is 2.55 bits per heavy atom. The molecule has 1 aliphatic rings. The molecule has 1 N–H and O–H groups in total. The Balaban J connectivity index is 1.47. The third kappa shape index (κ3) is 6.51. The van der Waals surface area contributed by atoms with Gasteiger partial charge in [-0.25, -0.2) is 0 Å². The molecule has 12 heteroatoms. The van der Waals surface area contributed by atoms with Gasteiger partial charge in [-0.15, -0.1) is 0 Å². The van der Waals surface area contributed by atoms with E-state index in [4.69, 9.17) is 21.7 Å². The van der Waals surface area contributed by atoms with Crippen molar-refractivity contribution in [3.8, 4) is 11.5 Å². The number of carbonyl (C=O) groups excluding carboxylic acids is 2. The van der Waals surface area contributed by atoms with Gasteiger partial charge < -0.3 is 14.8 Å². The third-order valence-electron chi connectivity index (χ3n) is 6.06. The summed E-state index contributed by atoms with van der Waals surface area (Å²) in [5.41, 5.74) is 2.36. The summed E-state index contributed by atoms with van der Waals surface area (Å²) >= 11 is 9.73. The van der Waals surface area contributed by atoms with Crippen LogP contribution in [0.4, 0.5) is 24.5 Å². The summed E-state index contributed by atoms with van der Waals surface area (Å²) in [5, 5.41) is 2.83. The van der Waals surface area contributed by atoms with Crippen molar-refractivity contribution in [3.63, 3.8) is 0 Å². The molecule has 208 valence electrons. The summed E-state index contributed by atoms with van der Waals surface area (Å²) in [6, 6.07) is 13.0. The number of benzene rings is 3. The summed E-state index contributed by atoms with van der Waals surface area (Å²) in [7, 11) is 1.44. The van der Waals surface area contributed by atoms with Crippen LogP contribution in [0.5, 0.6) is 11.5 Å². The van der Waals surface area contributed by atoms with Crippen molar-refractivity contribution in [2.24, 2.45) is 0 Å². The Bertz CT molecular complexity index is 1540. The molecule has 6 nitrogen and oxygen atoms in total. The molecule has 1 saturated heterocycles. The highest BCUT2D eigenvalue weighted by Crippen LogP contribution is 2.39. The monoisotopic (exact) mass is 650 g/mol. The van der Waals surface area contributed by atoms with Crippen molar-refractivity contribution in [1.29, 1.82) is 0 Å². The van der Waals surface area contributed by atoms with Gasteiger partial charge >= 0.3 is 6.18 Å². The second kappa shape index (κ2) is 12.0. The van der Waals surface area contributed by atoms with E-state index >= 15 is 0 Å². The minimum atomic E-state index is -4.55. The van der Waals surface area contributed by atoms with E-state index in [0.717, 1.165) is 44.4 Å². The van der Waals surface area contributed by atoms with Crippen LogP contribution in [0, 0.1) is 13.8 Å². The topological polar surface area (TPSA) is 67.9 Å². The first-order valence-electron chi connectivity index (χ1n) is 11.7. The van der Waals surface area contributed by atoms with Crippen LogP contribution in [0.1, 0.15) is 22.3 Å². The quantitative estimate of drug-likeness (QED) is 0.211. The second-order valence-corrected chi connectivity index (χ2v) is 11.2. The molecule has 1 heterocycles. The summed E-state index contributed by atoms with van der Waals surface area (Å²) in [6.07, 6.45) is -2.99. The second-order valence-electron chi connectivity index (χ2n) is 8.66. The SMILES string of the molecule is COc1cc(/C=C2\SC(=S)N(c3cccc(C(F)(F)F)c3)C2=O)ccc1OCC(=O)Nc1ccc(Br)c(C)c1C. The third-order valence-corrected chi connectivity index (χ3v) is 8.23. The maximum absolute atomic E-state index is 13.2. The van der Waals surface area contributed by atoms with Crippen molar-refractivity contribution in [2.75, 3.05) is 23.9 Å². The fourth-order valence-corrected chi connectivity index (χ4v) is 5.54. The molecule has 0 aliphatic carbocycles.